The molecule has 0 bridgehead atoms. The fourth-order valence-electron chi connectivity index (χ4n) is 1.60. The van der Waals surface area contributed by atoms with Crippen molar-refractivity contribution < 1.29 is 0 Å². The fourth-order valence-corrected chi connectivity index (χ4v) is 1.87. The number of benzene rings is 1. The van der Waals surface area contributed by atoms with Gasteiger partial charge in [0, 0.05) is 12.4 Å². The molecular formula is C10H8ClN3. The number of halogens is 1. The molecule has 0 atom stereocenters. The van der Waals surface area contributed by atoms with E-state index in [1.807, 2.05) is 25.2 Å². The van der Waals surface area contributed by atoms with Crippen molar-refractivity contribution in [1.82, 2.24) is 9.78 Å². The van der Waals surface area contributed by atoms with E-state index in [0.29, 0.717) is 11.6 Å². The lowest BCUT2D eigenvalue weighted by Crippen LogP contribution is -1.93. The summed E-state index contributed by atoms with van der Waals surface area (Å²) in [5, 5.41) is 14.2. The number of hydrogen-bond acceptors (Lipinski definition) is 2. The molecule has 2 rings (SSSR count). The summed E-state index contributed by atoms with van der Waals surface area (Å²) in [4.78, 5) is 0. The van der Waals surface area contributed by atoms with Crippen molar-refractivity contribution in [3.8, 4) is 6.07 Å². The molecule has 4 heteroatoms. The van der Waals surface area contributed by atoms with Crippen LogP contribution in [0.1, 0.15) is 5.56 Å². The van der Waals surface area contributed by atoms with Crippen molar-refractivity contribution in [3.05, 3.63) is 28.9 Å². The van der Waals surface area contributed by atoms with Crippen molar-refractivity contribution >= 4 is 22.5 Å². The average molecular weight is 206 g/mol. The van der Waals surface area contributed by atoms with Gasteiger partial charge in [0.25, 0.3) is 0 Å². The second-order valence-electron chi connectivity index (χ2n) is 3.06. The molecule has 0 saturated carbocycles. The minimum atomic E-state index is 0.382. The molecule has 0 fully saturated rings. The second-order valence-corrected chi connectivity index (χ2v) is 3.42. The molecule has 1 aromatic carbocycles. The van der Waals surface area contributed by atoms with Crippen molar-refractivity contribution in [2.24, 2.45) is 7.05 Å². The van der Waals surface area contributed by atoms with Gasteiger partial charge in [0.2, 0.25) is 0 Å². The Labute approximate surface area is 86.5 Å². The van der Waals surface area contributed by atoms with Crippen LogP contribution in [0.5, 0.6) is 0 Å². The van der Waals surface area contributed by atoms with Gasteiger partial charge in [0.05, 0.1) is 18.0 Å². The Bertz CT molecular complexity index is 522. The molecule has 0 aliphatic carbocycles. The fraction of sp³-hybridized carbons (Fsp3) is 0.200. The topological polar surface area (TPSA) is 41.6 Å². The summed E-state index contributed by atoms with van der Waals surface area (Å²) >= 11 is 5.94. The number of aromatic nitrogens is 2. The summed E-state index contributed by atoms with van der Waals surface area (Å²) in [6.07, 6.45) is 0.382. The highest BCUT2D eigenvalue weighted by Crippen LogP contribution is 2.25. The molecule has 0 amide bonds. The summed E-state index contributed by atoms with van der Waals surface area (Å²) in [5.74, 6) is 0. The number of aryl methyl sites for hydroxylation is 1. The van der Waals surface area contributed by atoms with Crippen LogP contribution >= 0.6 is 11.6 Å². The first kappa shape index (κ1) is 9.04. The number of fused-ring (bicyclic) bond motifs is 1. The second kappa shape index (κ2) is 3.32. The lowest BCUT2D eigenvalue weighted by molar-refractivity contribution is 0.794. The molecule has 1 aromatic heterocycles. The van der Waals surface area contributed by atoms with Gasteiger partial charge in [-0.1, -0.05) is 23.7 Å². The number of nitriles is 1. The van der Waals surface area contributed by atoms with E-state index in [1.165, 1.54) is 0 Å². The third-order valence-electron chi connectivity index (χ3n) is 2.17. The van der Waals surface area contributed by atoms with E-state index in [9.17, 15) is 0 Å². The third-order valence-corrected chi connectivity index (χ3v) is 2.45. The maximum Gasteiger partial charge on any atom is 0.158 e. The summed E-state index contributed by atoms with van der Waals surface area (Å²) < 4.78 is 1.71. The van der Waals surface area contributed by atoms with Crippen molar-refractivity contribution in [3.63, 3.8) is 0 Å². The zero-order valence-corrected chi connectivity index (χ0v) is 8.41. The first-order valence-corrected chi connectivity index (χ1v) is 4.59. The molecular weight excluding hydrogens is 198 g/mol. The number of hydrogen-bond donors (Lipinski definition) is 0. The standard InChI is InChI=1S/C10H8ClN3/c1-14-9-7(5-6-12)3-2-4-8(9)10(11)13-14/h2-4H,5H2,1H3. The van der Waals surface area contributed by atoms with Gasteiger partial charge in [0.1, 0.15) is 0 Å². The first-order chi connectivity index (χ1) is 6.74. The Balaban J connectivity index is 2.80. The van der Waals surface area contributed by atoms with E-state index >= 15 is 0 Å². The number of para-hydroxylation sites is 1. The minimum absolute atomic E-state index is 0.382. The Kier molecular flexibility index (Phi) is 2.14. The molecule has 2 aromatic rings. The van der Waals surface area contributed by atoms with Gasteiger partial charge in [-0.05, 0) is 11.6 Å². The van der Waals surface area contributed by atoms with E-state index in [1.54, 1.807) is 4.68 Å². The summed E-state index contributed by atoms with van der Waals surface area (Å²) in [6, 6.07) is 7.85. The maximum absolute atomic E-state index is 8.66. The quantitative estimate of drug-likeness (QED) is 0.717. The van der Waals surface area contributed by atoms with Crippen LogP contribution in [-0.4, -0.2) is 9.78 Å². The molecule has 0 aliphatic heterocycles. The van der Waals surface area contributed by atoms with E-state index in [-0.39, 0.29) is 0 Å². The van der Waals surface area contributed by atoms with Gasteiger partial charge < -0.3 is 0 Å². The van der Waals surface area contributed by atoms with Gasteiger partial charge in [0.15, 0.2) is 5.15 Å². The smallest absolute Gasteiger partial charge is 0.158 e. The van der Waals surface area contributed by atoms with E-state index in [2.05, 4.69) is 11.2 Å². The SMILES string of the molecule is Cn1nc(Cl)c2cccc(CC#N)c21. The van der Waals surface area contributed by atoms with Crippen molar-refractivity contribution in [2.75, 3.05) is 0 Å². The molecule has 0 radical (unpaired) electrons. The molecule has 0 spiro atoms. The maximum atomic E-state index is 8.66. The highest BCUT2D eigenvalue weighted by molar-refractivity contribution is 6.34. The largest absolute Gasteiger partial charge is 0.266 e. The monoisotopic (exact) mass is 205 g/mol. The summed E-state index contributed by atoms with van der Waals surface area (Å²) in [6.45, 7) is 0. The van der Waals surface area contributed by atoms with Crippen LogP contribution in [0, 0.1) is 11.3 Å². The van der Waals surface area contributed by atoms with Crippen LogP contribution in [0.2, 0.25) is 5.15 Å². The summed E-state index contributed by atoms with van der Waals surface area (Å²) in [7, 11) is 1.83. The molecule has 14 heavy (non-hydrogen) atoms. The number of rotatable bonds is 1. The minimum Gasteiger partial charge on any atom is -0.266 e. The Hall–Kier alpha value is -1.53. The van der Waals surface area contributed by atoms with Gasteiger partial charge in [-0.15, -0.1) is 0 Å². The zero-order chi connectivity index (χ0) is 10.1. The zero-order valence-electron chi connectivity index (χ0n) is 7.66. The molecule has 0 N–H and O–H groups in total. The summed E-state index contributed by atoms with van der Waals surface area (Å²) in [5.41, 5.74) is 1.91. The van der Waals surface area contributed by atoms with E-state index < -0.39 is 0 Å². The van der Waals surface area contributed by atoms with Crippen LogP contribution in [0.15, 0.2) is 18.2 Å². The molecule has 0 aliphatic rings. The molecule has 1 heterocycles. The average Bonchev–Trinajstić information content (AvgIpc) is 2.44. The Morgan fingerprint density at radius 1 is 1.57 bits per heavy atom. The highest BCUT2D eigenvalue weighted by atomic mass is 35.5. The lowest BCUT2D eigenvalue weighted by atomic mass is 10.1. The van der Waals surface area contributed by atoms with Crippen LogP contribution < -0.4 is 0 Å². The van der Waals surface area contributed by atoms with Crippen LogP contribution in [0.3, 0.4) is 0 Å². The predicted molar refractivity (Wildman–Crippen MR) is 55.0 cm³/mol. The molecule has 70 valence electrons. The predicted octanol–water partition coefficient (Wildman–Crippen LogP) is 2.29. The third kappa shape index (κ3) is 1.24. The molecule has 3 nitrogen and oxygen atoms in total. The number of nitrogens with zero attached hydrogens (tertiary/aromatic N) is 3. The van der Waals surface area contributed by atoms with E-state index in [0.717, 1.165) is 16.5 Å². The first-order valence-electron chi connectivity index (χ1n) is 4.21. The molecule has 0 unspecified atom stereocenters. The highest BCUT2D eigenvalue weighted by Gasteiger charge is 2.09. The molecule has 0 saturated heterocycles. The lowest BCUT2D eigenvalue weighted by Gasteiger charge is -1.99. The van der Waals surface area contributed by atoms with E-state index in [4.69, 9.17) is 16.9 Å². The van der Waals surface area contributed by atoms with Gasteiger partial charge >= 0.3 is 0 Å². The van der Waals surface area contributed by atoms with Gasteiger partial charge in [-0.25, -0.2) is 0 Å². The normalized spacial score (nSPS) is 10.4. The van der Waals surface area contributed by atoms with Crippen molar-refractivity contribution in [1.29, 1.82) is 5.26 Å². The Morgan fingerprint density at radius 3 is 3.07 bits per heavy atom. The van der Waals surface area contributed by atoms with Crippen LogP contribution in [-0.2, 0) is 13.5 Å². The van der Waals surface area contributed by atoms with Crippen LogP contribution in [0.4, 0.5) is 0 Å². The van der Waals surface area contributed by atoms with Gasteiger partial charge in [-0.3, -0.25) is 4.68 Å². The van der Waals surface area contributed by atoms with Gasteiger partial charge in [-0.2, -0.15) is 10.4 Å². The Morgan fingerprint density at radius 2 is 2.36 bits per heavy atom. The van der Waals surface area contributed by atoms with Crippen LogP contribution in [0.25, 0.3) is 10.9 Å². The van der Waals surface area contributed by atoms with Crippen molar-refractivity contribution in [2.45, 2.75) is 6.42 Å².